The fraction of sp³-hybridized carbons (Fsp3) is 0.700. The quantitative estimate of drug-likeness (QED) is 0.782. The van der Waals surface area contributed by atoms with Crippen molar-refractivity contribution in [3.8, 4) is 0 Å². The van der Waals surface area contributed by atoms with Crippen LogP contribution >= 0.6 is 0 Å². The van der Waals surface area contributed by atoms with E-state index in [-0.39, 0.29) is 0 Å². The molecule has 82 valence electrons. The van der Waals surface area contributed by atoms with Crippen LogP contribution in [0.25, 0.3) is 0 Å². The van der Waals surface area contributed by atoms with Gasteiger partial charge in [0.2, 0.25) is 5.95 Å². The molecule has 2 rings (SSSR count). The van der Waals surface area contributed by atoms with Crippen LogP contribution < -0.4 is 4.90 Å². The summed E-state index contributed by atoms with van der Waals surface area (Å²) in [6.45, 7) is 0.293. The number of aliphatic hydroxyl groups excluding tert-OH is 1. The van der Waals surface area contributed by atoms with E-state index in [4.69, 9.17) is 5.11 Å². The van der Waals surface area contributed by atoms with Crippen molar-refractivity contribution >= 4 is 5.95 Å². The van der Waals surface area contributed by atoms with Crippen molar-refractivity contribution in [3.05, 3.63) is 12.7 Å². The third-order valence-corrected chi connectivity index (χ3v) is 3.11. The predicted octanol–water partition coefficient (Wildman–Crippen LogP) is 0.469. The predicted molar refractivity (Wildman–Crippen MR) is 56.4 cm³/mol. The van der Waals surface area contributed by atoms with E-state index in [1.54, 1.807) is 0 Å². The maximum atomic E-state index is 9.08. The summed E-state index contributed by atoms with van der Waals surface area (Å²) >= 11 is 0. The molecule has 0 radical (unpaired) electrons. The van der Waals surface area contributed by atoms with Crippen LogP contribution in [0.15, 0.2) is 12.7 Å². The van der Waals surface area contributed by atoms with Gasteiger partial charge in [-0.3, -0.25) is 0 Å². The first-order valence-corrected chi connectivity index (χ1v) is 5.27. The van der Waals surface area contributed by atoms with Crippen LogP contribution in [0.2, 0.25) is 0 Å². The maximum Gasteiger partial charge on any atom is 0.228 e. The largest absolute Gasteiger partial charge is 0.396 e. The van der Waals surface area contributed by atoms with Gasteiger partial charge in [0.25, 0.3) is 0 Å². The Morgan fingerprint density at radius 1 is 1.40 bits per heavy atom. The minimum atomic E-state index is 0.293. The van der Waals surface area contributed by atoms with Crippen molar-refractivity contribution in [1.82, 2.24) is 15.0 Å². The summed E-state index contributed by atoms with van der Waals surface area (Å²) in [5.41, 5.74) is 0. The van der Waals surface area contributed by atoms with Crippen LogP contribution in [-0.2, 0) is 0 Å². The zero-order valence-electron chi connectivity index (χ0n) is 8.87. The van der Waals surface area contributed by atoms with Gasteiger partial charge in [0.15, 0.2) is 0 Å². The highest BCUT2D eigenvalue weighted by Crippen LogP contribution is 2.29. The van der Waals surface area contributed by atoms with Gasteiger partial charge in [-0.05, 0) is 25.2 Å². The molecule has 1 fully saturated rings. The zero-order chi connectivity index (χ0) is 10.7. The number of hydrogen-bond donors (Lipinski definition) is 1. The minimum absolute atomic E-state index is 0.293. The number of aliphatic hydroxyl groups is 1. The van der Waals surface area contributed by atoms with E-state index >= 15 is 0 Å². The Morgan fingerprint density at radius 3 is 2.73 bits per heavy atom. The third-order valence-electron chi connectivity index (χ3n) is 3.11. The van der Waals surface area contributed by atoms with Gasteiger partial charge in [0, 0.05) is 19.7 Å². The molecule has 0 aliphatic heterocycles. The van der Waals surface area contributed by atoms with Crippen molar-refractivity contribution < 1.29 is 5.11 Å². The van der Waals surface area contributed by atoms with Gasteiger partial charge in [0.05, 0.1) is 0 Å². The van der Waals surface area contributed by atoms with E-state index < -0.39 is 0 Å². The Balaban J connectivity index is 2.00. The second-order valence-corrected chi connectivity index (χ2v) is 4.06. The average Bonchev–Trinajstić information content (AvgIpc) is 2.78. The molecule has 1 aromatic heterocycles. The first-order valence-electron chi connectivity index (χ1n) is 5.27. The second kappa shape index (κ2) is 4.53. The van der Waals surface area contributed by atoms with Crippen molar-refractivity contribution in [2.45, 2.75) is 25.3 Å². The van der Waals surface area contributed by atoms with Gasteiger partial charge in [-0.1, -0.05) is 0 Å². The first-order chi connectivity index (χ1) is 7.31. The maximum absolute atomic E-state index is 9.08. The molecule has 1 aromatic rings. The molecule has 0 spiro atoms. The van der Waals surface area contributed by atoms with Crippen molar-refractivity contribution in [2.75, 3.05) is 18.6 Å². The van der Waals surface area contributed by atoms with Crippen molar-refractivity contribution in [2.24, 2.45) is 5.92 Å². The molecule has 1 N–H and O–H groups in total. The molecule has 15 heavy (non-hydrogen) atoms. The first kappa shape index (κ1) is 10.3. The molecular formula is C10H16N4O. The number of hydrogen-bond acceptors (Lipinski definition) is 5. The van der Waals surface area contributed by atoms with Crippen LogP contribution in [0.3, 0.4) is 0 Å². The number of aromatic nitrogens is 3. The summed E-state index contributed by atoms with van der Waals surface area (Å²) < 4.78 is 0. The number of rotatable bonds is 3. The Hall–Kier alpha value is -1.23. The fourth-order valence-electron chi connectivity index (χ4n) is 2.14. The van der Waals surface area contributed by atoms with Crippen LogP contribution in [0.1, 0.15) is 19.3 Å². The summed E-state index contributed by atoms with van der Waals surface area (Å²) in [4.78, 5) is 14.1. The molecular weight excluding hydrogens is 192 g/mol. The molecule has 5 nitrogen and oxygen atoms in total. The minimum Gasteiger partial charge on any atom is -0.396 e. The standard InChI is InChI=1S/C10H16N4O/c1-14(10-12-6-11-7-13-10)9-3-2-8(4-9)5-15/h6-9,15H,2-5H2,1H3/t8-,9+/m1/s1. The molecule has 0 amide bonds. The molecule has 1 heterocycles. The molecule has 0 bridgehead atoms. The summed E-state index contributed by atoms with van der Waals surface area (Å²) in [6, 6.07) is 0.449. The topological polar surface area (TPSA) is 62.1 Å². The molecule has 0 aromatic carbocycles. The van der Waals surface area contributed by atoms with Gasteiger partial charge in [-0.15, -0.1) is 0 Å². The highest BCUT2D eigenvalue weighted by molar-refractivity contribution is 5.28. The summed E-state index contributed by atoms with van der Waals surface area (Å²) in [5, 5.41) is 9.08. The summed E-state index contributed by atoms with van der Waals surface area (Å²) in [6.07, 6.45) is 6.25. The second-order valence-electron chi connectivity index (χ2n) is 4.06. The van der Waals surface area contributed by atoms with Gasteiger partial charge >= 0.3 is 0 Å². The Kier molecular flexibility index (Phi) is 3.11. The fourth-order valence-corrected chi connectivity index (χ4v) is 2.14. The van der Waals surface area contributed by atoms with Crippen LogP contribution in [0.4, 0.5) is 5.95 Å². The molecule has 0 unspecified atom stereocenters. The van der Waals surface area contributed by atoms with Crippen molar-refractivity contribution in [1.29, 1.82) is 0 Å². The monoisotopic (exact) mass is 208 g/mol. The van der Waals surface area contributed by atoms with E-state index in [1.807, 2.05) is 7.05 Å². The molecule has 2 atom stereocenters. The molecule has 1 saturated carbocycles. The van der Waals surface area contributed by atoms with E-state index in [2.05, 4.69) is 19.9 Å². The molecule has 0 saturated heterocycles. The summed E-state index contributed by atoms with van der Waals surface area (Å²) in [5.74, 6) is 1.16. The highest BCUT2D eigenvalue weighted by atomic mass is 16.3. The van der Waals surface area contributed by atoms with Crippen LogP contribution in [-0.4, -0.2) is 39.8 Å². The Morgan fingerprint density at radius 2 is 2.13 bits per heavy atom. The van der Waals surface area contributed by atoms with Crippen LogP contribution in [0, 0.1) is 5.92 Å². The zero-order valence-corrected chi connectivity index (χ0v) is 8.87. The smallest absolute Gasteiger partial charge is 0.228 e. The normalized spacial score (nSPS) is 25.5. The molecule has 5 heteroatoms. The van der Waals surface area contributed by atoms with E-state index in [1.165, 1.54) is 12.7 Å². The van der Waals surface area contributed by atoms with Gasteiger partial charge in [-0.25, -0.2) is 15.0 Å². The summed E-state index contributed by atoms with van der Waals surface area (Å²) in [7, 11) is 2.00. The lowest BCUT2D eigenvalue weighted by molar-refractivity contribution is 0.228. The lowest BCUT2D eigenvalue weighted by Gasteiger charge is -2.24. The van der Waals surface area contributed by atoms with E-state index in [0.29, 0.717) is 24.5 Å². The van der Waals surface area contributed by atoms with Crippen LogP contribution in [0.5, 0.6) is 0 Å². The lowest BCUT2D eigenvalue weighted by Crippen LogP contribution is -2.31. The average molecular weight is 208 g/mol. The Labute approximate surface area is 89.2 Å². The number of anilines is 1. The number of nitrogens with zero attached hydrogens (tertiary/aromatic N) is 4. The Bertz CT molecular complexity index is 306. The van der Waals surface area contributed by atoms with Gasteiger partial charge in [-0.2, -0.15) is 0 Å². The van der Waals surface area contributed by atoms with Crippen molar-refractivity contribution in [3.63, 3.8) is 0 Å². The molecule has 1 aliphatic rings. The highest BCUT2D eigenvalue weighted by Gasteiger charge is 2.28. The van der Waals surface area contributed by atoms with Gasteiger partial charge in [0.1, 0.15) is 12.7 Å². The lowest BCUT2D eigenvalue weighted by atomic mass is 10.1. The molecule has 1 aliphatic carbocycles. The van der Waals surface area contributed by atoms with E-state index in [9.17, 15) is 0 Å². The third kappa shape index (κ3) is 2.23. The van der Waals surface area contributed by atoms with E-state index in [0.717, 1.165) is 19.3 Å². The van der Waals surface area contributed by atoms with Gasteiger partial charge < -0.3 is 10.0 Å². The SMILES string of the molecule is CN(c1ncncn1)[C@H]1CC[C@@H](CO)C1.